The predicted octanol–water partition coefficient (Wildman–Crippen LogP) is 0.842. The van der Waals surface area contributed by atoms with Crippen LogP contribution in [0.15, 0.2) is 29.5 Å². The summed E-state index contributed by atoms with van der Waals surface area (Å²) in [7, 11) is 1.88. The summed E-state index contributed by atoms with van der Waals surface area (Å²) in [6.45, 7) is 1.42. The van der Waals surface area contributed by atoms with Gasteiger partial charge in [0.25, 0.3) is 5.56 Å². The van der Waals surface area contributed by atoms with Crippen LogP contribution in [0.25, 0.3) is 0 Å². The van der Waals surface area contributed by atoms with E-state index in [2.05, 4.69) is 15.1 Å². The van der Waals surface area contributed by atoms with Crippen LogP contribution in [0.4, 0.5) is 0 Å². The highest BCUT2D eigenvalue weighted by molar-refractivity contribution is 5.76. The third kappa shape index (κ3) is 3.67. The van der Waals surface area contributed by atoms with Crippen LogP contribution in [-0.2, 0) is 18.3 Å². The van der Waals surface area contributed by atoms with Crippen molar-refractivity contribution in [2.45, 2.75) is 31.6 Å². The quantitative estimate of drug-likeness (QED) is 0.906. The lowest BCUT2D eigenvalue weighted by atomic mass is 9.94. The summed E-state index contributed by atoms with van der Waals surface area (Å²) in [6.07, 6.45) is 6.25. The SMILES string of the molecule is Cn1nccc1CCC(=O)N1CCC[C@@H](c2cc(=O)[nH]cn2)C1. The van der Waals surface area contributed by atoms with Gasteiger partial charge in [0, 0.05) is 50.4 Å². The zero-order valence-electron chi connectivity index (χ0n) is 13.2. The Labute approximate surface area is 134 Å². The molecule has 7 heteroatoms. The molecule has 3 rings (SSSR count). The molecule has 0 unspecified atom stereocenters. The van der Waals surface area contributed by atoms with Gasteiger partial charge in [-0.25, -0.2) is 4.98 Å². The number of H-pyrrole nitrogens is 1. The van der Waals surface area contributed by atoms with E-state index < -0.39 is 0 Å². The predicted molar refractivity (Wildman–Crippen MR) is 84.9 cm³/mol. The molecule has 0 bridgehead atoms. The van der Waals surface area contributed by atoms with Crippen LogP contribution in [0.1, 0.15) is 36.6 Å². The minimum Gasteiger partial charge on any atom is -0.342 e. The molecule has 122 valence electrons. The Kier molecular flexibility index (Phi) is 4.55. The number of amides is 1. The number of hydrogen-bond donors (Lipinski definition) is 1. The fraction of sp³-hybridized carbons (Fsp3) is 0.500. The summed E-state index contributed by atoms with van der Waals surface area (Å²) >= 11 is 0. The van der Waals surface area contributed by atoms with Crippen molar-refractivity contribution in [3.63, 3.8) is 0 Å². The Morgan fingerprint density at radius 2 is 2.35 bits per heavy atom. The van der Waals surface area contributed by atoms with E-state index in [1.165, 1.54) is 12.4 Å². The Morgan fingerprint density at radius 1 is 1.48 bits per heavy atom. The number of hydrogen-bond acceptors (Lipinski definition) is 4. The number of rotatable bonds is 4. The number of aryl methyl sites for hydroxylation is 2. The van der Waals surface area contributed by atoms with Crippen molar-refractivity contribution in [3.8, 4) is 0 Å². The minimum atomic E-state index is -0.144. The van der Waals surface area contributed by atoms with E-state index in [1.54, 1.807) is 10.9 Å². The molecule has 1 N–H and O–H groups in total. The van der Waals surface area contributed by atoms with Crippen molar-refractivity contribution in [1.82, 2.24) is 24.6 Å². The first-order chi connectivity index (χ1) is 11.1. The number of nitrogens with zero attached hydrogens (tertiary/aromatic N) is 4. The van der Waals surface area contributed by atoms with Gasteiger partial charge in [-0.1, -0.05) is 0 Å². The zero-order chi connectivity index (χ0) is 16.2. The average Bonchev–Trinajstić information content (AvgIpc) is 2.98. The van der Waals surface area contributed by atoms with Crippen molar-refractivity contribution in [2.24, 2.45) is 7.05 Å². The maximum absolute atomic E-state index is 12.5. The molecule has 1 fully saturated rings. The van der Waals surface area contributed by atoms with Gasteiger partial charge in [-0.05, 0) is 25.3 Å². The summed E-state index contributed by atoms with van der Waals surface area (Å²) in [4.78, 5) is 32.6. The van der Waals surface area contributed by atoms with E-state index >= 15 is 0 Å². The topological polar surface area (TPSA) is 83.9 Å². The lowest BCUT2D eigenvalue weighted by Gasteiger charge is -2.32. The average molecular weight is 315 g/mol. The Bertz CT molecular complexity index is 736. The number of carbonyl (C=O) groups is 1. The van der Waals surface area contributed by atoms with Crippen LogP contribution in [-0.4, -0.2) is 43.6 Å². The second-order valence-electron chi connectivity index (χ2n) is 5.96. The second-order valence-corrected chi connectivity index (χ2v) is 5.96. The normalized spacial score (nSPS) is 18.1. The molecule has 7 nitrogen and oxygen atoms in total. The Morgan fingerprint density at radius 3 is 3.09 bits per heavy atom. The van der Waals surface area contributed by atoms with E-state index in [0.29, 0.717) is 19.4 Å². The molecule has 1 aliphatic rings. The largest absolute Gasteiger partial charge is 0.342 e. The minimum absolute atomic E-state index is 0.144. The molecular formula is C16H21N5O2. The van der Waals surface area contributed by atoms with Crippen molar-refractivity contribution in [2.75, 3.05) is 13.1 Å². The van der Waals surface area contributed by atoms with Crippen LogP contribution in [0.3, 0.4) is 0 Å². The Balaban J connectivity index is 1.60. The monoisotopic (exact) mass is 315 g/mol. The van der Waals surface area contributed by atoms with Crippen molar-refractivity contribution >= 4 is 5.91 Å². The van der Waals surface area contributed by atoms with Crippen molar-refractivity contribution < 1.29 is 4.79 Å². The van der Waals surface area contributed by atoms with Crippen LogP contribution in [0.5, 0.6) is 0 Å². The highest BCUT2D eigenvalue weighted by Gasteiger charge is 2.25. The van der Waals surface area contributed by atoms with Crippen LogP contribution in [0, 0.1) is 0 Å². The first-order valence-corrected chi connectivity index (χ1v) is 7.93. The Hall–Kier alpha value is -2.44. The number of carbonyl (C=O) groups excluding carboxylic acids is 1. The van der Waals surface area contributed by atoms with Gasteiger partial charge < -0.3 is 9.88 Å². The van der Waals surface area contributed by atoms with E-state index in [9.17, 15) is 9.59 Å². The summed E-state index contributed by atoms with van der Waals surface area (Å²) in [5, 5.41) is 4.12. The molecular weight excluding hydrogens is 294 g/mol. The molecule has 0 spiro atoms. The molecule has 1 amide bonds. The zero-order valence-corrected chi connectivity index (χ0v) is 13.2. The number of likely N-dealkylation sites (tertiary alicyclic amines) is 1. The molecule has 0 aromatic carbocycles. The summed E-state index contributed by atoms with van der Waals surface area (Å²) in [6, 6.07) is 3.47. The van der Waals surface area contributed by atoms with Crippen LogP contribution >= 0.6 is 0 Å². The molecule has 2 aromatic heterocycles. The lowest BCUT2D eigenvalue weighted by Crippen LogP contribution is -2.39. The molecule has 1 atom stereocenters. The fourth-order valence-corrected chi connectivity index (χ4v) is 3.09. The van der Waals surface area contributed by atoms with Gasteiger partial charge in [-0.15, -0.1) is 0 Å². The maximum Gasteiger partial charge on any atom is 0.250 e. The van der Waals surface area contributed by atoms with Gasteiger partial charge in [0.15, 0.2) is 0 Å². The lowest BCUT2D eigenvalue weighted by molar-refractivity contribution is -0.132. The maximum atomic E-state index is 12.5. The third-order valence-corrected chi connectivity index (χ3v) is 4.41. The summed E-state index contributed by atoms with van der Waals surface area (Å²) in [5.41, 5.74) is 1.69. The smallest absolute Gasteiger partial charge is 0.250 e. The van der Waals surface area contributed by atoms with Crippen molar-refractivity contribution in [3.05, 3.63) is 46.4 Å². The van der Waals surface area contributed by atoms with Gasteiger partial charge in [0.1, 0.15) is 0 Å². The number of aromatic nitrogens is 4. The number of nitrogens with one attached hydrogen (secondary N) is 1. The van der Waals surface area contributed by atoms with Crippen molar-refractivity contribution in [1.29, 1.82) is 0 Å². The molecule has 23 heavy (non-hydrogen) atoms. The van der Waals surface area contributed by atoms with E-state index in [1.807, 2.05) is 18.0 Å². The molecule has 1 aliphatic heterocycles. The molecule has 0 radical (unpaired) electrons. The third-order valence-electron chi connectivity index (χ3n) is 4.41. The standard InChI is InChI=1S/C16H21N5O2/c1-20-13(6-7-19-20)4-5-16(23)21-8-2-3-12(10-21)14-9-15(22)18-11-17-14/h6-7,9,11-12H,2-5,8,10H2,1H3,(H,17,18,22)/t12-/m1/s1. The van der Waals surface area contributed by atoms with Gasteiger partial charge in [-0.3, -0.25) is 14.3 Å². The van der Waals surface area contributed by atoms with Gasteiger partial charge in [-0.2, -0.15) is 5.10 Å². The summed E-state index contributed by atoms with van der Waals surface area (Å²) in [5.74, 6) is 0.299. The number of aromatic amines is 1. The fourth-order valence-electron chi connectivity index (χ4n) is 3.09. The molecule has 1 saturated heterocycles. The summed E-state index contributed by atoms with van der Waals surface area (Å²) < 4.78 is 1.80. The molecule has 2 aromatic rings. The van der Waals surface area contributed by atoms with Gasteiger partial charge >= 0.3 is 0 Å². The number of piperidine rings is 1. The van der Waals surface area contributed by atoms with E-state index in [-0.39, 0.29) is 17.4 Å². The van der Waals surface area contributed by atoms with E-state index in [0.717, 1.165) is 30.8 Å². The molecule has 3 heterocycles. The first-order valence-electron chi connectivity index (χ1n) is 7.93. The second kappa shape index (κ2) is 6.76. The van der Waals surface area contributed by atoms with E-state index in [4.69, 9.17) is 0 Å². The van der Waals surface area contributed by atoms with Gasteiger partial charge in [0.05, 0.1) is 12.0 Å². The first kappa shape index (κ1) is 15.5. The van der Waals surface area contributed by atoms with Crippen LogP contribution in [0.2, 0.25) is 0 Å². The van der Waals surface area contributed by atoms with Gasteiger partial charge in [0.2, 0.25) is 5.91 Å². The highest BCUT2D eigenvalue weighted by Crippen LogP contribution is 2.25. The molecule has 0 aliphatic carbocycles. The van der Waals surface area contributed by atoms with Crippen LogP contribution < -0.4 is 5.56 Å². The highest BCUT2D eigenvalue weighted by atomic mass is 16.2. The molecule has 0 saturated carbocycles.